The lowest BCUT2D eigenvalue weighted by molar-refractivity contribution is -0.107. The van der Waals surface area contributed by atoms with Gasteiger partial charge in [0.1, 0.15) is 38.3 Å². The monoisotopic (exact) mass is 1950 g/mol. The van der Waals surface area contributed by atoms with Crippen LogP contribution in [0.25, 0.3) is 28.4 Å². The number of hydrogen-bond acceptors (Lipinski definition) is 19. The lowest BCUT2D eigenvalue weighted by atomic mass is 10.1. The van der Waals surface area contributed by atoms with E-state index in [9.17, 15) is 37.2 Å². The van der Waals surface area contributed by atoms with Crippen molar-refractivity contribution in [3.63, 3.8) is 0 Å². The number of nitrogens with one attached hydrogen (secondary N) is 1. The Hall–Kier alpha value is -6.73. The SMILES string of the molecule is CO/C=C/c1ccc(Br)c(Cl)c1.CS(=O)(=O)OCCc1ccc(Br)c(Cl)c1.Cn1cnc2ncn(Cc3n[nH]c(=O)o3)c(=O)c21.Cn1cnc2ncn(Cc3nn(CCc4ccc(Br)c(Cl)c4)c(=O)o3)c(=O)c21.O=CCc1ccc(Br)c(Cl)c1.O=Cc1ccc(Br)c(Cl)c1.OCCc1ccc(Br)c(Cl)c1. The van der Waals surface area contributed by atoms with Crippen LogP contribution in [0.5, 0.6) is 0 Å². The number of carbonyl (C=O) groups excluding carboxylic acids is 2. The molecule has 38 heteroatoms. The maximum absolute atomic E-state index is 12.6. The molecule has 0 unspecified atom stereocenters. The van der Waals surface area contributed by atoms with Gasteiger partial charge < -0.3 is 32.6 Å². The van der Waals surface area contributed by atoms with Gasteiger partial charge >= 0.3 is 11.5 Å². The van der Waals surface area contributed by atoms with Gasteiger partial charge in [-0.25, -0.2) is 34.6 Å². The number of carbonyl (C=O) groups is 2. The van der Waals surface area contributed by atoms with Crippen LogP contribution >= 0.6 is 165 Å². The van der Waals surface area contributed by atoms with Crippen LogP contribution in [0.15, 0.2) is 196 Å². The van der Waals surface area contributed by atoms with E-state index in [-0.39, 0.29) is 49.2 Å². The van der Waals surface area contributed by atoms with Crippen molar-refractivity contribution in [3.05, 3.63) is 285 Å². The van der Waals surface area contributed by atoms with E-state index in [1.165, 1.54) is 39.1 Å². The summed E-state index contributed by atoms with van der Waals surface area (Å²) in [4.78, 5) is 84.1. The van der Waals surface area contributed by atoms with Crippen LogP contribution in [0.3, 0.4) is 0 Å². The second-order valence-electron chi connectivity index (χ2n) is 21.3. The van der Waals surface area contributed by atoms with E-state index in [1.807, 2.05) is 84.9 Å². The molecule has 0 amide bonds. The van der Waals surface area contributed by atoms with Crippen molar-refractivity contribution in [2.24, 2.45) is 14.1 Å². The molecule has 6 heterocycles. The van der Waals surface area contributed by atoms with Crippen LogP contribution in [0, 0.1) is 0 Å². The molecule has 2 N–H and O–H groups in total. The van der Waals surface area contributed by atoms with E-state index in [0.717, 1.165) is 73.5 Å². The van der Waals surface area contributed by atoms with Crippen LogP contribution < -0.4 is 22.6 Å². The zero-order valence-electron chi connectivity index (χ0n) is 55.1. The lowest BCUT2D eigenvalue weighted by Crippen LogP contribution is -2.22. The maximum atomic E-state index is 12.6. The molecule has 6 aromatic carbocycles. The van der Waals surface area contributed by atoms with Gasteiger partial charge in [0.15, 0.2) is 22.3 Å². The summed E-state index contributed by atoms with van der Waals surface area (Å²) in [5.74, 6) is -0.997. The van der Waals surface area contributed by atoms with E-state index in [2.05, 4.69) is 135 Å². The average molecular weight is 1960 g/mol. The van der Waals surface area contributed by atoms with Gasteiger partial charge in [0.05, 0.1) is 75.6 Å². The highest BCUT2D eigenvalue weighted by atomic mass is 79.9. The lowest BCUT2D eigenvalue weighted by Gasteiger charge is -2.03. The molecule has 0 spiro atoms. The van der Waals surface area contributed by atoms with Crippen LogP contribution in [-0.2, 0) is 83.2 Å². The molecule has 0 aliphatic rings. The second kappa shape index (κ2) is 43.3. The Morgan fingerprint density at radius 1 is 0.552 bits per heavy atom. The molecule has 12 aromatic rings. The summed E-state index contributed by atoms with van der Waals surface area (Å²) < 4.78 is 52.8. The largest absolute Gasteiger partial charge is 0.504 e. The van der Waals surface area contributed by atoms with Crippen molar-refractivity contribution < 1.29 is 40.9 Å². The number of aromatic amines is 1. The zero-order chi connectivity index (χ0) is 77.1. The third kappa shape index (κ3) is 28.4. The fraction of sp³-hybridized carbons (Fsp3) is 0.194. The minimum absolute atomic E-state index is 0.000689. The van der Waals surface area contributed by atoms with Crippen molar-refractivity contribution in [2.45, 2.75) is 45.3 Å². The number of methoxy groups -OCH3 is 1. The fourth-order valence-corrected chi connectivity index (χ4v) is 11.5. The number of aliphatic hydroxyl groups is 1. The van der Waals surface area contributed by atoms with Crippen molar-refractivity contribution in [1.29, 1.82) is 0 Å². The molecule has 6 aromatic heterocycles. The number of aromatic nitrogens is 12. The summed E-state index contributed by atoms with van der Waals surface area (Å²) in [5, 5.41) is 22.4. The van der Waals surface area contributed by atoms with Gasteiger partial charge in [0.25, 0.3) is 21.2 Å². The number of nitrogens with zero attached hydrogens (tertiary/aromatic N) is 11. The fourth-order valence-electron chi connectivity index (χ4n) is 8.41. The first-order chi connectivity index (χ1) is 49.9. The predicted octanol–water partition coefficient (Wildman–Crippen LogP) is 15.6. The Morgan fingerprint density at radius 2 is 0.971 bits per heavy atom. The minimum Gasteiger partial charge on any atom is -0.504 e. The topological polar surface area (TPSA) is 319 Å². The highest BCUT2D eigenvalue weighted by Crippen LogP contribution is 2.28. The van der Waals surface area contributed by atoms with Crippen molar-refractivity contribution in [2.75, 3.05) is 26.6 Å². The Morgan fingerprint density at radius 3 is 1.40 bits per heavy atom. The normalized spacial score (nSPS) is 10.8. The minimum atomic E-state index is -3.35. The van der Waals surface area contributed by atoms with Gasteiger partial charge in [0, 0.05) is 59.5 Å². The van der Waals surface area contributed by atoms with Crippen LogP contribution in [0.4, 0.5) is 0 Å². The Balaban J connectivity index is 0.000000199. The number of ether oxygens (including phenoxy) is 1. The predicted molar refractivity (Wildman–Crippen MR) is 427 cm³/mol. The third-order valence-electron chi connectivity index (χ3n) is 13.5. The van der Waals surface area contributed by atoms with Gasteiger partial charge in [-0.15, -0.1) is 10.2 Å². The Bertz CT molecular complexity index is 5360. The summed E-state index contributed by atoms with van der Waals surface area (Å²) in [6.45, 7) is 0.661. The van der Waals surface area contributed by atoms with Crippen LogP contribution in [-0.4, -0.2) is 111 Å². The summed E-state index contributed by atoms with van der Waals surface area (Å²) in [7, 11) is 1.67. The maximum Gasteiger partial charge on any atom is 0.437 e. The number of imidazole rings is 2. The number of aryl methyl sites for hydroxylation is 4. The molecule has 12 rings (SSSR count). The summed E-state index contributed by atoms with van der Waals surface area (Å²) in [6.07, 6.45) is 14.0. The highest BCUT2D eigenvalue weighted by Gasteiger charge is 2.15. The van der Waals surface area contributed by atoms with E-state index >= 15 is 0 Å². The molecule has 0 aliphatic heterocycles. The van der Waals surface area contributed by atoms with E-state index < -0.39 is 21.6 Å². The first-order valence-electron chi connectivity index (χ1n) is 29.9. The standard InChI is InChI=1S/C17H14BrClN6O3.C9H10BrClO3S.C9H8BrClO.C9H8N6O3.C8H8BrClO.C8H6BrClO.C7H4BrClO/c1-23-8-20-15-14(23)16(26)24(9-21-15)7-13-22-25(17(27)28-13)5-4-10-2-3-11(18)12(19)6-10;1-15(12,13)14-5-4-7-2-3-8(10)9(11)6-7;1-12-5-4-7-2-3-8(10)9(11)6-7;1-14-3-10-7-6(14)8(16)15(4-11-7)2-5-12-13-9(17)18-5;2*9-7-2-1-6(3-4-11)5-8(7)10;8-6-2-1-5(4-10)3-7(6)9/h2-3,6,8-9H,4-5,7H2,1H3;2-3,6H,4-5H2,1H3;2-6H,1H3;3-4H,2H2,1H3,(H,13,17);1-2,5,11H,3-4H2;1-2,4-5H,3H2;1-4H/b;;5-4+;;;;. The first kappa shape index (κ1) is 87.2. The Kier molecular flexibility index (Phi) is 36.0. The number of aldehydes is 2. The number of rotatable bonds is 18. The number of H-pyrrole nitrogens is 1. The van der Waals surface area contributed by atoms with Crippen LogP contribution in [0.1, 0.15) is 50.0 Å². The average Bonchev–Trinajstić information content (AvgIpc) is 1.66. The molecular weight excluding hydrogens is 1910 g/mol. The smallest absolute Gasteiger partial charge is 0.437 e. The zero-order valence-corrected chi connectivity index (χ0v) is 70.0. The summed E-state index contributed by atoms with van der Waals surface area (Å²) in [5.41, 5.74) is 6.45. The Labute approximate surface area is 679 Å². The van der Waals surface area contributed by atoms with Crippen LogP contribution in [0.2, 0.25) is 30.1 Å². The molecule has 0 radical (unpaired) electrons. The van der Waals surface area contributed by atoms with E-state index in [4.69, 9.17) is 88.3 Å². The van der Waals surface area contributed by atoms with Crippen molar-refractivity contribution in [1.82, 2.24) is 58.2 Å². The third-order valence-corrected chi connectivity index (χ3v) is 21.5. The van der Waals surface area contributed by atoms with E-state index in [0.29, 0.717) is 90.3 Å². The molecule has 0 saturated carbocycles. The molecule has 0 bridgehead atoms. The van der Waals surface area contributed by atoms with Gasteiger partial charge in [-0.05, 0) is 222 Å². The first-order valence-corrected chi connectivity index (χ1v) is 38.8. The second-order valence-corrected chi connectivity index (χ2v) is 30.5. The molecule has 0 fully saturated rings. The quantitative estimate of drug-likeness (QED) is 0.0458. The van der Waals surface area contributed by atoms with Crippen molar-refractivity contribution in [3.8, 4) is 0 Å². The highest BCUT2D eigenvalue weighted by molar-refractivity contribution is 9.11. The molecule has 554 valence electrons. The van der Waals surface area contributed by atoms with Crippen molar-refractivity contribution >= 4 is 216 Å². The summed E-state index contributed by atoms with van der Waals surface area (Å²) >= 11 is 54.8. The molecule has 0 atom stereocenters. The van der Waals surface area contributed by atoms with Gasteiger partial charge in [0.2, 0.25) is 11.8 Å². The number of aliphatic hydroxyl groups excluding tert-OH is 1. The molecule has 0 aliphatic carbocycles. The molecule has 0 saturated heterocycles. The number of benzene rings is 6. The van der Waals surface area contributed by atoms with Gasteiger partial charge in [-0.1, -0.05) is 106 Å². The molecule has 105 heavy (non-hydrogen) atoms. The van der Waals surface area contributed by atoms with Gasteiger partial charge in [-0.2, -0.15) is 13.1 Å². The van der Waals surface area contributed by atoms with E-state index in [1.54, 1.807) is 66.9 Å². The molecular formula is C67H58Br6Cl6N12O13S. The number of hydrogen-bond donors (Lipinski definition) is 2. The number of halogens is 12. The molecule has 25 nitrogen and oxygen atoms in total. The van der Waals surface area contributed by atoms with Gasteiger partial charge in [-0.3, -0.25) is 27.7 Å². The number of fused-ring (bicyclic) bond motifs is 2. The summed E-state index contributed by atoms with van der Waals surface area (Å²) in [6, 6.07) is 33.0.